The summed E-state index contributed by atoms with van der Waals surface area (Å²) in [5.74, 6) is -0.827. The van der Waals surface area contributed by atoms with Crippen LogP contribution in [0.1, 0.15) is 21.5 Å². The Balaban J connectivity index is 2.07. The Morgan fingerprint density at radius 2 is 1.80 bits per heavy atom. The fourth-order valence-electron chi connectivity index (χ4n) is 2.37. The Hall–Kier alpha value is -2.24. The maximum absolute atomic E-state index is 12.2. The largest absolute Gasteiger partial charge is 0.465 e. The monoisotopic (exact) mass is 380 g/mol. The number of amides is 1. The number of ether oxygens (including phenoxy) is 1. The smallest absolute Gasteiger partial charge is 0.337 e. The Kier molecular flexibility index (Phi) is 6.28. The van der Waals surface area contributed by atoms with Gasteiger partial charge in [-0.25, -0.2) is 4.79 Å². The lowest BCUT2D eigenvalue weighted by molar-refractivity contribution is -0.114. The van der Waals surface area contributed by atoms with Crippen LogP contribution in [0.5, 0.6) is 0 Å². The molecule has 0 heterocycles. The zero-order chi connectivity index (χ0) is 18.6. The molecule has 25 heavy (non-hydrogen) atoms. The molecule has 0 bridgehead atoms. The van der Waals surface area contributed by atoms with Gasteiger partial charge in [-0.15, -0.1) is 0 Å². The molecule has 0 aliphatic heterocycles. The van der Waals surface area contributed by atoms with Crippen LogP contribution in [0.4, 0.5) is 11.4 Å². The topological polar surface area (TPSA) is 67.4 Å². The van der Waals surface area contributed by atoms with Crippen molar-refractivity contribution in [2.75, 3.05) is 24.3 Å². The minimum atomic E-state index is -0.507. The van der Waals surface area contributed by atoms with Crippen LogP contribution in [0.2, 0.25) is 10.0 Å². The van der Waals surface area contributed by atoms with Crippen LogP contribution in [0.3, 0.4) is 0 Å². The summed E-state index contributed by atoms with van der Waals surface area (Å²) < 4.78 is 4.66. The number of rotatable bonds is 5. The van der Waals surface area contributed by atoms with E-state index in [9.17, 15) is 9.59 Å². The van der Waals surface area contributed by atoms with Crippen molar-refractivity contribution in [1.82, 2.24) is 0 Å². The normalized spacial score (nSPS) is 10.3. The molecular weight excluding hydrogens is 363 g/mol. The molecule has 5 nitrogen and oxygen atoms in total. The maximum Gasteiger partial charge on any atom is 0.337 e. The van der Waals surface area contributed by atoms with Crippen molar-refractivity contribution in [1.29, 1.82) is 0 Å². The van der Waals surface area contributed by atoms with E-state index in [1.165, 1.54) is 25.3 Å². The molecule has 0 saturated carbocycles. The Morgan fingerprint density at radius 3 is 2.44 bits per heavy atom. The maximum atomic E-state index is 12.2. The van der Waals surface area contributed by atoms with Crippen molar-refractivity contribution in [3.05, 3.63) is 57.1 Å². The highest BCUT2D eigenvalue weighted by Crippen LogP contribution is 2.27. The summed E-state index contributed by atoms with van der Waals surface area (Å²) in [5.41, 5.74) is 3.33. The molecule has 0 saturated heterocycles. The van der Waals surface area contributed by atoms with Crippen LogP contribution in [0.15, 0.2) is 30.3 Å². The second kappa shape index (κ2) is 8.23. The van der Waals surface area contributed by atoms with E-state index in [0.717, 1.165) is 11.1 Å². The third-order valence-electron chi connectivity index (χ3n) is 3.52. The predicted octanol–water partition coefficient (Wildman–Crippen LogP) is 4.45. The molecule has 7 heteroatoms. The molecule has 0 unspecified atom stereocenters. The fourth-order valence-corrected chi connectivity index (χ4v) is 2.92. The van der Waals surface area contributed by atoms with Crippen LogP contribution in [-0.4, -0.2) is 25.5 Å². The van der Waals surface area contributed by atoms with Crippen molar-refractivity contribution in [3.8, 4) is 0 Å². The van der Waals surface area contributed by atoms with E-state index in [2.05, 4.69) is 15.4 Å². The van der Waals surface area contributed by atoms with E-state index >= 15 is 0 Å². The van der Waals surface area contributed by atoms with E-state index in [1.54, 1.807) is 0 Å². The predicted molar refractivity (Wildman–Crippen MR) is 101 cm³/mol. The first kappa shape index (κ1) is 19.1. The summed E-state index contributed by atoms with van der Waals surface area (Å²) in [5, 5.41) is 6.56. The van der Waals surface area contributed by atoms with Gasteiger partial charge in [0.25, 0.3) is 0 Å². The Morgan fingerprint density at radius 1 is 1.08 bits per heavy atom. The third-order valence-corrected chi connectivity index (χ3v) is 4.15. The molecule has 0 radical (unpaired) electrons. The first-order valence-electron chi connectivity index (χ1n) is 7.50. The van der Waals surface area contributed by atoms with Crippen LogP contribution < -0.4 is 10.6 Å². The average molecular weight is 381 g/mol. The third kappa shape index (κ3) is 4.87. The quantitative estimate of drug-likeness (QED) is 0.751. The van der Waals surface area contributed by atoms with Crippen LogP contribution in [-0.2, 0) is 9.53 Å². The number of nitrogens with one attached hydrogen (secondary N) is 2. The second-order valence-corrected chi connectivity index (χ2v) is 6.34. The summed E-state index contributed by atoms with van der Waals surface area (Å²) >= 11 is 12.3. The molecule has 2 aromatic rings. The molecule has 0 spiro atoms. The number of methoxy groups -OCH3 is 1. The molecule has 0 aliphatic carbocycles. The molecular formula is C18H18Cl2N2O3. The molecule has 0 aliphatic rings. The van der Waals surface area contributed by atoms with E-state index in [1.807, 2.05) is 26.0 Å². The number of benzene rings is 2. The van der Waals surface area contributed by atoms with Gasteiger partial charge in [0.2, 0.25) is 5.91 Å². The van der Waals surface area contributed by atoms with Crippen molar-refractivity contribution in [2.45, 2.75) is 13.8 Å². The van der Waals surface area contributed by atoms with E-state index < -0.39 is 5.97 Å². The molecule has 2 aromatic carbocycles. The number of esters is 1. The first-order valence-corrected chi connectivity index (χ1v) is 8.25. The van der Waals surface area contributed by atoms with Crippen molar-refractivity contribution >= 4 is 46.5 Å². The zero-order valence-corrected chi connectivity index (χ0v) is 15.6. The van der Waals surface area contributed by atoms with Gasteiger partial charge in [0.1, 0.15) is 0 Å². The molecule has 1 amide bonds. The highest BCUT2D eigenvalue weighted by atomic mass is 35.5. The average Bonchev–Trinajstić information content (AvgIpc) is 2.55. The van der Waals surface area contributed by atoms with Crippen LogP contribution >= 0.6 is 23.2 Å². The molecule has 0 atom stereocenters. The molecule has 2 N–H and O–H groups in total. The van der Waals surface area contributed by atoms with E-state index in [-0.39, 0.29) is 12.5 Å². The van der Waals surface area contributed by atoms with Crippen molar-refractivity contribution < 1.29 is 14.3 Å². The zero-order valence-electron chi connectivity index (χ0n) is 14.1. The minimum Gasteiger partial charge on any atom is -0.465 e. The van der Waals surface area contributed by atoms with Crippen molar-refractivity contribution in [2.24, 2.45) is 0 Å². The van der Waals surface area contributed by atoms with Gasteiger partial charge in [-0.1, -0.05) is 29.3 Å². The van der Waals surface area contributed by atoms with Gasteiger partial charge in [-0.3, -0.25) is 4.79 Å². The fraction of sp³-hybridized carbons (Fsp3) is 0.222. The second-order valence-electron chi connectivity index (χ2n) is 5.53. The number of aryl methyl sites for hydroxylation is 2. The summed E-state index contributed by atoms with van der Waals surface area (Å²) in [6, 6.07) is 8.32. The number of halogens is 2. The number of carbonyl (C=O) groups excluding carboxylic acids is 2. The number of hydrogen-bond acceptors (Lipinski definition) is 4. The van der Waals surface area contributed by atoms with Gasteiger partial charge in [-0.2, -0.15) is 0 Å². The van der Waals surface area contributed by atoms with E-state index in [0.29, 0.717) is 27.0 Å². The summed E-state index contributed by atoms with van der Waals surface area (Å²) in [6.45, 7) is 3.86. The summed E-state index contributed by atoms with van der Waals surface area (Å²) in [4.78, 5) is 23.8. The lowest BCUT2D eigenvalue weighted by Gasteiger charge is -2.13. The van der Waals surface area contributed by atoms with Gasteiger partial charge in [-0.05, 0) is 49.2 Å². The molecule has 2 rings (SSSR count). The first-order chi connectivity index (χ1) is 11.8. The SMILES string of the molecule is COC(=O)c1ccc(Cl)c(NC(=O)CNc2c(C)cc(C)cc2Cl)c1. The highest BCUT2D eigenvalue weighted by Gasteiger charge is 2.12. The van der Waals surface area contributed by atoms with Crippen LogP contribution in [0.25, 0.3) is 0 Å². The van der Waals surface area contributed by atoms with Gasteiger partial charge in [0, 0.05) is 0 Å². The lowest BCUT2D eigenvalue weighted by atomic mass is 10.1. The van der Waals surface area contributed by atoms with Crippen LogP contribution in [0, 0.1) is 13.8 Å². The highest BCUT2D eigenvalue weighted by molar-refractivity contribution is 6.34. The standard InChI is InChI=1S/C18H18Cl2N2O3/c1-10-6-11(2)17(14(20)7-10)21-9-16(23)22-15-8-12(18(24)25-3)4-5-13(15)19/h4-8,21H,9H2,1-3H3,(H,22,23). The summed E-state index contributed by atoms with van der Waals surface area (Å²) in [7, 11) is 1.28. The summed E-state index contributed by atoms with van der Waals surface area (Å²) in [6.07, 6.45) is 0. The Labute approximate surface area is 156 Å². The number of hydrogen-bond donors (Lipinski definition) is 2. The Bertz CT molecular complexity index is 799. The van der Waals surface area contributed by atoms with Gasteiger partial charge < -0.3 is 15.4 Å². The molecule has 132 valence electrons. The minimum absolute atomic E-state index is 0.00238. The lowest BCUT2D eigenvalue weighted by Crippen LogP contribution is -2.22. The number of carbonyl (C=O) groups is 2. The van der Waals surface area contributed by atoms with Crippen molar-refractivity contribution in [3.63, 3.8) is 0 Å². The van der Waals surface area contributed by atoms with E-state index in [4.69, 9.17) is 23.2 Å². The number of anilines is 2. The van der Waals surface area contributed by atoms with Gasteiger partial charge in [0.05, 0.1) is 40.6 Å². The molecule has 0 fully saturated rings. The van der Waals surface area contributed by atoms with Gasteiger partial charge >= 0.3 is 5.97 Å². The molecule has 0 aromatic heterocycles. The van der Waals surface area contributed by atoms with Gasteiger partial charge in [0.15, 0.2) is 0 Å².